The van der Waals surface area contributed by atoms with E-state index in [1.807, 2.05) is 0 Å². The standard InChI is InChI=1S/C14H13BrClF2N3O3/c1-3-21-12(9(16)11(20-21)13(22)23-4-2)10-8(24-14(17)18)5-7(15)6-19-10/h5-6,14H,3-4H2,1-2H3. The van der Waals surface area contributed by atoms with E-state index < -0.39 is 12.6 Å². The number of ether oxygens (including phenoxy) is 2. The summed E-state index contributed by atoms with van der Waals surface area (Å²) in [4.78, 5) is 16.0. The summed E-state index contributed by atoms with van der Waals surface area (Å²) in [6.07, 6.45) is 1.40. The van der Waals surface area contributed by atoms with E-state index in [1.54, 1.807) is 13.8 Å². The zero-order valence-electron chi connectivity index (χ0n) is 12.7. The van der Waals surface area contributed by atoms with E-state index in [1.165, 1.54) is 16.9 Å². The second-order valence-electron chi connectivity index (χ2n) is 4.43. The molecule has 10 heteroatoms. The fourth-order valence-corrected chi connectivity index (χ4v) is 2.62. The van der Waals surface area contributed by atoms with Gasteiger partial charge in [-0.1, -0.05) is 11.6 Å². The van der Waals surface area contributed by atoms with Gasteiger partial charge in [0, 0.05) is 17.2 Å². The lowest BCUT2D eigenvalue weighted by atomic mass is 10.2. The zero-order valence-corrected chi connectivity index (χ0v) is 15.1. The van der Waals surface area contributed by atoms with E-state index in [2.05, 4.69) is 30.7 Å². The molecule has 0 saturated heterocycles. The summed E-state index contributed by atoms with van der Waals surface area (Å²) in [5.74, 6) is -0.893. The summed E-state index contributed by atoms with van der Waals surface area (Å²) < 4.78 is 36.6. The van der Waals surface area contributed by atoms with Crippen molar-refractivity contribution in [2.75, 3.05) is 6.61 Å². The minimum atomic E-state index is -3.04. The summed E-state index contributed by atoms with van der Waals surface area (Å²) in [5.41, 5.74) is 0.141. The quantitative estimate of drug-likeness (QED) is 0.652. The number of aromatic nitrogens is 3. The summed E-state index contributed by atoms with van der Waals surface area (Å²) in [5, 5.41) is 4.04. The van der Waals surface area contributed by atoms with Crippen molar-refractivity contribution in [1.82, 2.24) is 14.8 Å². The molecule has 24 heavy (non-hydrogen) atoms. The monoisotopic (exact) mass is 423 g/mol. The van der Waals surface area contributed by atoms with Crippen LogP contribution in [0.2, 0.25) is 5.02 Å². The molecule has 0 atom stereocenters. The molecular weight excluding hydrogens is 412 g/mol. The van der Waals surface area contributed by atoms with Gasteiger partial charge in [-0.15, -0.1) is 0 Å². The van der Waals surface area contributed by atoms with Crippen LogP contribution in [-0.4, -0.2) is 34.0 Å². The highest BCUT2D eigenvalue weighted by Crippen LogP contribution is 2.37. The van der Waals surface area contributed by atoms with E-state index in [0.29, 0.717) is 11.0 Å². The van der Waals surface area contributed by atoms with Crippen LogP contribution in [0.25, 0.3) is 11.4 Å². The van der Waals surface area contributed by atoms with Crippen LogP contribution in [0.15, 0.2) is 16.7 Å². The molecule has 0 aromatic carbocycles. The largest absolute Gasteiger partial charge is 0.461 e. The van der Waals surface area contributed by atoms with Crippen molar-refractivity contribution in [2.45, 2.75) is 27.0 Å². The molecule has 130 valence electrons. The normalized spacial score (nSPS) is 11.0. The molecule has 0 spiro atoms. The van der Waals surface area contributed by atoms with Gasteiger partial charge in [0.05, 0.1) is 6.61 Å². The first-order chi connectivity index (χ1) is 11.4. The maximum atomic E-state index is 12.7. The van der Waals surface area contributed by atoms with Crippen molar-refractivity contribution in [3.63, 3.8) is 0 Å². The smallest absolute Gasteiger partial charge is 0.387 e. The van der Waals surface area contributed by atoms with E-state index >= 15 is 0 Å². The first kappa shape index (κ1) is 18.6. The molecule has 0 aliphatic heterocycles. The maximum absolute atomic E-state index is 12.7. The molecule has 2 rings (SSSR count). The summed E-state index contributed by atoms with van der Waals surface area (Å²) in [7, 11) is 0. The van der Waals surface area contributed by atoms with Gasteiger partial charge in [0.15, 0.2) is 11.4 Å². The van der Waals surface area contributed by atoms with Crippen LogP contribution in [0, 0.1) is 0 Å². The predicted octanol–water partition coefficient (Wildman–Crippen LogP) is 4.16. The molecule has 0 radical (unpaired) electrons. The number of carbonyl (C=O) groups excluding carboxylic acids is 1. The summed E-state index contributed by atoms with van der Waals surface area (Å²) in [6, 6.07) is 1.34. The number of nitrogens with zero attached hydrogens (tertiary/aromatic N) is 3. The topological polar surface area (TPSA) is 66.2 Å². The SMILES string of the molecule is CCOC(=O)c1nn(CC)c(-c2ncc(Br)cc2OC(F)F)c1Cl. The van der Waals surface area contributed by atoms with Crippen molar-refractivity contribution in [1.29, 1.82) is 0 Å². The van der Waals surface area contributed by atoms with Crippen LogP contribution in [-0.2, 0) is 11.3 Å². The minimum Gasteiger partial charge on any atom is -0.461 e. The third kappa shape index (κ3) is 3.84. The van der Waals surface area contributed by atoms with Crippen LogP contribution < -0.4 is 4.74 Å². The second-order valence-corrected chi connectivity index (χ2v) is 5.72. The van der Waals surface area contributed by atoms with Crippen molar-refractivity contribution < 1.29 is 23.0 Å². The van der Waals surface area contributed by atoms with Crippen molar-refractivity contribution in [3.8, 4) is 17.1 Å². The number of alkyl halides is 2. The lowest BCUT2D eigenvalue weighted by molar-refractivity contribution is -0.0497. The minimum absolute atomic E-state index is 0.0377. The molecule has 2 aromatic rings. The Bertz CT molecular complexity index is 755. The van der Waals surface area contributed by atoms with E-state index in [4.69, 9.17) is 16.3 Å². The average molecular weight is 425 g/mol. The molecule has 0 aliphatic rings. The molecule has 0 fully saturated rings. The van der Waals surface area contributed by atoms with Crippen LogP contribution >= 0.6 is 27.5 Å². The fourth-order valence-electron chi connectivity index (χ4n) is 2.01. The van der Waals surface area contributed by atoms with E-state index in [0.717, 1.165) is 0 Å². The van der Waals surface area contributed by atoms with Crippen molar-refractivity contribution in [3.05, 3.63) is 27.5 Å². The summed E-state index contributed by atoms with van der Waals surface area (Å²) in [6.45, 7) is 0.851. The molecule has 0 aliphatic carbocycles. The van der Waals surface area contributed by atoms with Crippen molar-refractivity contribution in [2.24, 2.45) is 0 Å². The number of hydrogen-bond donors (Lipinski definition) is 0. The molecular formula is C14H13BrClF2N3O3. The Labute approximate surface area is 149 Å². The molecule has 0 unspecified atom stereocenters. The highest BCUT2D eigenvalue weighted by atomic mass is 79.9. The second kappa shape index (κ2) is 7.89. The first-order valence-electron chi connectivity index (χ1n) is 6.93. The highest BCUT2D eigenvalue weighted by molar-refractivity contribution is 9.10. The van der Waals surface area contributed by atoms with Gasteiger partial charge in [-0.3, -0.25) is 4.68 Å². The number of pyridine rings is 1. The van der Waals surface area contributed by atoms with Gasteiger partial charge >= 0.3 is 12.6 Å². The Morgan fingerprint density at radius 3 is 2.75 bits per heavy atom. The summed E-state index contributed by atoms with van der Waals surface area (Å²) >= 11 is 9.39. The molecule has 0 amide bonds. The van der Waals surface area contributed by atoms with Gasteiger partial charge in [0.2, 0.25) is 0 Å². The van der Waals surface area contributed by atoms with Gasteiger partial charge < -0.3 is 9.47 Å². The molecule has 2 heterocycles. The molecule has 2 aromatic heterocycles. The number of esters is 1. The molecule has 0 N–H and O–H groups in total. The Kier molecular flexibility index (Phi) is 6.11. The third-order valence-corrected chi connectivity index (χ3v) is 3.71. The van der Waals surface area contributed by atoms with Gasteiger partial charge in [0.1, 0.15) is 16.4 Å². The van der Waals surface area contributed by atoms with Crippen molar-refractivity contribution >= 4 is 33.5 Å². The lowest BCUT2D eigenvalue weighted by Crippen LogP contribution is -2.08. The van der Waals surface area contributed by atoms with Crippen LogP contribution in [0.5, 0.6) is 5.75 Å². The first-order valence-corrected chi connectivity index (χ1v) is 8.10. The molecule has 6 nitrogen and oxygen atoms in total. The Balaban J connectivity index is 2.62. The van der Waals surface area contributed by atoms with Gasteiger partial charge in [-0.05, 0) is 35.8 Å². The average Bonchev–Trinajstić information content (AvgIpc) is 2.84. The van der Waals surface area contributed by atoms with Gasteiger partial charge in [0.25, 0.3) is 0 Å². The van der Waals surface area contributed by atoms with Crippen LogP contribution in [0.1, 0.15) is 24.3 Å². The maximum Gasteiger partial charge on any atom is 0.387 e. The highest BCUT2D eigenvalue weighted by Gasteiger charge is 2.27. The third-order valence-electron chi connectivity index (χ3n) is 2.92. The number of hydrogen-bond acceptors (Lipinski definition) is 5. The zero-order chi connectivity index (χ0) is 17.9. The van der Waals surface area contributed by atoms with E-state index in [-0.39, 0.29) is 34.5 Å². The number of rotatable bonds is 6. The van der Waals surface area contributed by atoms with Gasteiger partial charge in [-0.2, -0.15) is 13.9 Å². The van der Waals surface area contributed by atoms with Gasteiger partial charge in [-0.25, -0.2) is 9.78 Å². The van der Waals surface area contributed by atoms with Crippen LogP contribution in [0.4, 0.5) is 8.78 Å². The Morgan fingerprint density at radius 2 is 2.17 bits per heavy atom. The number of carbonyl (C=O) groups is 1. The predicted molar refractivity (Wildman–Crippen MR) is 86.4 cm³/mol. The Morgan fingerprint density at radius 1 is 1.46 bits per heavy atom. The number of halogens is 4. The number of aryl methyl sites for hydroxylation is 1. The molecule has 0 bridgehead atoms. The van der Waals surface area contributed by atoms with Crippen LogP contribution in [0.3, 0.4) is 0 Å². The Hall–Kier alpha value is -1.74. The lowest BCUT2D eigenvalue weighted by Gasteiger charge is -2.11. The van der Waals surface area contributed by atoms with E-state index in [9.17, 15) is 13.6 Å². The molecule has 0 saturated carbocycles. The fraction of sp³-hybridized carbons (Fsp3) is 0.357.